The molecule has 17 heteroatoms. The number of aliphatic carboxylic acids is 2. The smallest absolute Gasteiger partial charge is 0.335 e. The molecular weight excluding hydrogens is 474 g/mol. The first-order valence-electron chi connectivity index (χ1n) is 9.76. The highest BCUT2D eigenvalue weighted by Crippen LogP contribution is 2.24. The van der Waals surface area contributed by atoms with Crippen LogP contribution in [0.15, 0.2) is 0 Å². The number of carboxylic acid groups (broad SMARTS) is 2. The molecule has 34 heavy (non-hydrogen) atoms. The Morgan fingerprint density at radius 1 is 0.706 bits per heavy atom. The Balaban J connectivity index is 1.88. The number of rotatable bonds is 8. The lowest BCUT2D eigenvalue weighted by atomic mass is 9.99. The number of aliphatic hydroxyl groups excluding tert-OH is 6. The highest BCUT2D eigenvalue weighted by Gasteiger charge is 2.50. The maximum absolute atomic E-state index is 12.1. The van der Waals surface area contributed by atoms with Crippen LogP contribution in [-0.2, 0) is 38.1 Å². The van der Waals surface area contributed by atoms with E-state index in [1.807, 2.05) is 0 Å². The van der Waals surface area contributed by atoms with Crippen molar-refractivity contribution in [1.82, 2.24) is 0 Å². The first kappa shape index (κ1) is 27.8. The molecule has 2 aliphatic rings. The predicted molar refractivity (Wildman–Crippen MR) is 98.0 cm³/mol. The summed E-state index contributed by atoms with van der Waals surface area (Å²) in [6.07, 6.45) is -21.1. The highest BCUT2D eigenvalue weighted by atomic mass is 16.7. The van der Waals surface area contributed by atoms with Crippen LogP contribution in [0.4, 0.5) is 0 Å². The minimum absolute atomic E-state index is 0.468. The zero-order valence-electron chi connectivity index (χ0n) is 17.2. The lowest BCUT2D eigenvalue weighted by molar-refractivity contribution is -0.287. The van der Waals surface area contributed by atoms with Gasteiger partial charge in [0.1, 0.15) is 42.7 Å². The molecule has 0 aromatic rings. The van der Waals surface area contributed by atoms with Gasteiger partial charge in [-0.25, -0.2) is 9.59 Å². The normalized spacial score (nSPS) is 39.0. The van der Waals surface area contributed by atoms with E-state index in [2.05, 4.69) is 0 Å². The molecule has 2 rings (SSSR count). The van der Waals surface area contributed by atoms with Gasteiger partial charge in [-0.15, -0.1) is 0 Å². The highest BCUT2D eigenvalue weighted by molar-refractivity contribution is 5.77. The molecule has 10 N–H and O–H groups in total. The van der Waals surface area contributed by atoms with Gasteiger partial charge < -0.3 is 65.5 Å². The summed E-state index contributed by atoms with van der Waals surface area (Å²) < 4.78 is 19.0. The zero-order valence-corrected chi connectivity index (χ0v) is 17.2. The van der Waals surface area contributed by atoms with E-state index in [0.29, 0.717) is 0 Å². The SMILES string of the molecule is N[C@@H](CCC(=O)O[C@@H]1O[C@H](C(=O)O)[C@@H](O)[C@H](O)[C@H]1O)C(=O)O[C@@H]1O[C@H](C(=O)O)[C@@H](O)[C@H](O)[C@H]1O. The van der Waals surface area contributed by atoms with E-state index < -0.39 is 104 Å². The Morgan fingerprint density at radius 2 is 1.12 bits per heavy atom. The number of ether oxygens (including phenoxy) is 4. The molecule has 0 aromatic heterocycles. The fourth-order valence-electron chi connectivity index (χ4n) is 3.08. The van der Waals surface area contributed by atoms with E-state index in [4.69, 9.17) is 34.9 Å². The van der Waals surface area contributed by atoms with Crippen LogP contribution in [0.1, 0.15) is 12.8 Å². The Hall–Kier alpha value is -2.48. The van der Waals surface area contributed by atoms with Gasteiger partial charge in [0.2, 0.25) is 12.6 Å². The number of carboxylic acids is 2. The summed E-state index contributed by atoms with van der Waals surface area (Å²) in [5.41, 5.74) is 5.57. The second kappa shape index (κ2) is 11.3. The summed E-state index contributed by atoms with van der Waals surface area (Å²) >= 11 is 0. The molecule has 0 amide bonds. The average molecular weight is 499 g/mol. The van der Waals surface area contributed by atoms with Gasteiger partial charge in [-0.05, 0) is 6.42 Å². The molecule has 0 saturated carbocycles. The minimum atomic E-state index is -2.02. The molecule has 0 spiro atoms. The third-order valence-electron chi connectivity index (χ3n) is 5.07. The third-order valence-corrected chi connectivity index (χ3v) is 5.07. The number of carbonyl (C=O) groups is 4. The molecule has 0 aliphatic carbocycles. The Labute approximate surface area is 189 Å². The summed E-state index contributed by atoms with van der Waals surface area (Å²) in [4.78, 5) is 46.2. The molecule has 194 valence electrons. The van der Waals surface area contributed by atoms with Gasteiger partial charge in [0, 0.05) is 6.42 Å². The maximum Gasteiger partial charge on any atom is 0.335 e. The van der Waals surface area contributed by atoms with Gasteiger partial charge in [-0.3, -0.25) is 9.59 Å². The summed E-state index contributed by atoms with van der Waals surface area (Å²) in [7, 11) is 0. The fourth-order valence-corrected chi connectivity index (χ4v) is 3.08. The van der Waals surface area contributed by atoms with Gasteiger partial charge in [0.25, 0.3) is 0 Å². The van der Waals surface area contributed by atoms with Crippen LogP contribution in [0, 0.1) is 0 Å². The summed E-state index contributed by atoms with van der Waals surface area (Å²) in [5.74, 6) is -5.85. The quantitative estimate of drug-likeness (QED) is 0.140. The van der Waals surface area contributed by atoms with E-state index in [1.165, 1.54) is 0 Å². The van der Waals surface area contributed by atoms with E-state index in [9.17, 15) is 49.8 Å². The molecule has 11 atom stereocenters. The molecule has 0 aromatic carbocycles. The van der Waals surface area contributed by atoms with Gasteiger partial charge in [-0.2, -0.15) is 0 Å². The topological polar surface area (TPSA) is 293 Å². The number of aliphatic hydroxyl groups is 6. The van der Waals surface area contributed by atoms with Gasteiger partial charge in [-0.1, -0.05) is 0 Å². The van der Waals surface area contributed by atoms with E-state index >= 15 is 0 Å². The molecule has 0 unspecified atom stereocenters. The van der Waals surface area contributed by atoms with Crippen LogP contribution in [0.25, 0.3) is 0 Å². The number of hydrogen-bond acceptors (Lipinski definition) is 15. The molecule has 2 aliphatic heterocycles. The van der Waals surface area contributed by atoms with Crippen molar-refractivity contribution in [1.29, 1.82) is 0 Å². The van der Waals surface area contributed by atoms with Crippen LogP contribution < -0.4 is 5.73 Å². The fraction of sp³-hybridized carbons (Fsp3) is 0.765. The van der Waals surface area contributed by atoms with Gasteiger partial charge in [0.05, 0.1) is 0 Å². The molecule has 2 heterocycles. The molecule has 0 bridgehead atoms. The zero-order chi connectivity index (χ0) is 25.9. The van der Waals surface area contributed by atoms with E-state index in [-0.39, 0.29) is 0 Å². The van der Waals surface area contributed by atoms with E-state index in [0.717, 1.165) is 0 Å². The Bertz CT molecular complexity index is 777. The monoisotopic (exact) mass is 499 g/mol. The number of nitrogens with two attached hydrogens (primary N) is 1. The first-order valence-corrected chi connectivity index (χ1v) is 9.76. The molecule has 17 nitrogen and oxygen atoms in total. The van der Waals surface area contributed by atoms with Crippen molar-refractivity contribution in [2.24, 2.45) is 5.73 Å². The van der Waals surface area contributed by atoms with Crippen molar-refractivity contribution >= 4 is 23.9 Å². The van der Waals surface area contributed by atoms with Crippen LogP contribution in [0.5, 0.6) is 0 Å². The van der Waals surface area contributed by atoms with Gasteiger partial charge >= 0.3 is 23.9 Å². The average Bonchev–Trinajstić information content (AvgIpc) is 2.77. The second-order valence-electron chi connectivity index (χ2n) is 7.54. The Kier molecular flexibility index (Phi) is 9.22. The second-order valence-corrected chi connectivity index (χ2v) is 7.54. The molecule has 2 saturated heterocycles. The molecule has 0 radical (unpaired) electrons. The lowest BCUT2D eigenvalue weighted by Crippen LogP contribution is -2.61. The summed E-state index contributed by atoms with van der Waals surface area (Å²) in [5, 5.41) is 76.1. The third kappa shape index (κ3) is 6.14. The summed E-state index contributed by atoms with van der Waals surface area (Å²) in [6.45, 7) is 0. The van der Waals surface area contributed by atoms with Crippen molar-refractivity contribution in [3.63, 3.8) is 0 Å². The largest absolute Gasteiger partial charge is 0.479 e. The standard InChI is InChI=1S/C17H25NO16/c18-3(15(30)34-17-10(25)6(21)8(23)12(33-17)14(28)29)1-2-4(19)31-16-9(24)5(20)7(22)11(32-16)13(26)27/h3,5-12,16-17,20-25H,1-2,18H2,(H,26,27)(H,28,29)/t3-,5-,6-,7-,8-,9+,10+,11-,12-,16+,17-/m0/s1. The van der Waals surface area contributed by atoms with Crippen LogP contribution in [0.3, 0.4) is 0 Å². The molecule has 2 fully saturated rings. The van der Waals surface area contributed by atoms with Crippen molar-refractivity contribution < 1.29 is 79.0 Å². The maximum atomic E-state index is 12.1. The van der Waals surface area contributed by atoms with Gasteiger partial charge in [0.15, 0.2) is 12.2 Å². The number of esters is 2. The van der Waals surface area contributed by atoms with E-state index in [1.54, 1.807) is 0 Å². The van der Waals surface area contributed by atoms with Crippen molar-refractivity contribution in [3.05, 3.63) is 0 Å². The minimum Gasteiger partial charge on any atom is -0.479 e. The molecular formula is C17H25NO16. The number of carbonyl (C=O) groups excluding carboxylic acids is 2. The van der Waals surface area contributed by atoms with Crippen LogP contribution in [0.2, 0.25) is 0 Å². The summed E-state index contributed by atoms with van der Waals surface area (Å²) in [6, 6.07) is -1.56. The van der Waals surface area contributed by atoms with Crippen molar-refractivity contribution in [2.45, 2.75) is 80.3 Å². The Morgan fingerprint density at radius 3 is 1.53 bits per heavy atom. The lowest BCUT2D eigenvalue weighted by Gasteiger charge is -2.38. The number of hydrogen-bond donors (Lipinski definition) is 9. The van der Waals surface area contributed by atoms with Crippen molar-refractivity contribution in [2.75, 3.05) is 0 Å². The van der Waals surface area contributed by atoms with Crippen molar-refractivity contribution in [3.8, 4) is 0 Å². The first-order chi connectivity index (χ1) is 15.8. The van der Waals surface area contributed by atoms with Crippen LogP contribution in [-0.4, -0.2) is 132 Å². The predicted octanol–water partition coefficient (Wildman–Crippen LogP) is -6.04. The van der Waals surface area contributed by atoms with Crippen LogP contribution >= 0.6 is 0 Å².